The maximum atomic E-state index is 5.72. The monoisotopic (exact) mass is 265 g/mol. The first-order chi connectivity index (χ1) is 8.79. The van der Waals surface area contributed by atoms with Crippen molar-refractivity contribution in [2.45, 2.75) is 38.5 Å². The summed E-state index contributed by atoms with van der Waals surface area (Å²) in [5.74, 6) is 0.767. The summed E-state index contributed by atoms with van der Waals surface area (Å²) < 4.78 is 0. The molecule has 2 heteroatoms. The lowest BCUT2D eigenvalue weighted by Gasteiger charge is -2.18. The number of rotatable bonds is 6. The van der Waals surface area contributed by atoms with Crippen LogP contribution in [-0.2, 0) is 19.3 Å². The molecule has 0 atom stereocenters. The summed E-state index contributed by atoms with van der Waals surface area (Å²) in [6.45, 7) is 2.24. The fourth-order valence-electron chi connectivity index (χ4n) is 2.70. The lowest BCUT2D eigenvalue weighted by molar-refractivity contribution is 0.340. The summed E-state index contributed by atoms with van der Waals surface area (Å²) in [6.07, 6.45) is 7.55. The van der Waals surface area contributed by atoms with Crippen molar-refractivity contribution in [1.29, 1.82) is 0 Å². The van der Waals surface area contributed by atoms with Crippen LogP contribution in [0.2, 0.25) is 0 Å². The summed E-state index contributed by atoms with van der Waals surface area (Å²) in [5, 5.41) is 0. The topological polar surface area (TPSA) is 3.24 Å². The summed E-state index contributed by atoms with van der Waals surface area (Å²) in [5.41, 5.74) is 4.68. The summed E-state index contributed by atoms with van der Waals surface area (Å²) in [7, 11) is 2.19. The highest BCUT2D eigenvalue weighted by Crippen LogP contribution is 2.22. The molecule has 1 nitrogen and oxygen atoms in total. The van der Waals surface area contributed by atoms with Gasteiger partial charge in [0.1, 0.15) is 0 Å². The molecule has 0 saturated carbocycles. The molecule has 1 aliphatic rings. The zero-order valence-corrected chi connectivity index (χ0v) is 12.2. The van der Waals surface area contributed by atoms with E-state index in [-0.39, 0.29) is 0 Å². The van der Waals surface area contributed by atoms with Gasteiger partial charge in [-0.3, -0.25) is 0 Å². The molecule has 0 aliphatic heterocycles. The molecule has 0 amide bonds. The third kappa shape index (κ3) is 4.00. The molecule has 100 valence electrons. The van der Waals surface area contributed by atoms with Crippen LogP contribution in [0.15, 0.2) is 18.2 Å². The van der Waals surface area contributed by atoms with Crippen molar-refractivity contribution in [3.05, 3.63) is 34.9 Å². The Hall–Kier alpha value is -0.530. The van der Waals surface area contributed by atoms with Gasteiger partial charge >= 0.3 is 0 Å². The molecule has 0 aromatic heterocycles. The van der Waals surface area contributed by atoms with E-state index in [0.717, 1.165) is 31.8 Å². The molecule has 0 bridgehead atoms. The third-order valence-electron chi connectivity index (χ3n) is 3.87. The van der Waals surface area contributed by atoms with E-state index < -0.39 is 0 Å². The molecule has 1 aliphatic carbocycles. The van der Waals surface area contributed by atoms with Crippen molar-refractivity contribution in [2.24, 2.45) is 0 Å². The van der Waals surface area contributed by atoms with Crippen LogP contribution in [0.1, 0.15) is 36.0 Å². The number of fused-ring (bicyclic) bond motifs is 1. The first-order valence-electron chi connectivity index (χ1n) is 7.15. The van der Waals surface area contributed by atoms with Gasteiger partial charge in [-0.15, -0.1) is 11.6 Å². The Balaban J connectivity index is 1.86. The maximum absolute atomic E-state index is 5.72. The normalized spacial score (nSPS) is 14.8. The fourth-order valence-corrected chi connectivity index (χ4v) is 2.82. The molecule has 18 heavy (non-hydrogen) atoms. The van der Waals surface area contributed by atoms with E-state index in [9.17, 15) is 0 Å². The zero-order valence-electron chi connectivity index (χ0n) is 11.4. The molecular formula is C16H24ClN. The summed E-state index contributed by atoms with van der Waals surface area (Å²) in [4.78, 5) is 2.38. The van der Waals surface area contributed by atoms with E-state index in [0.29, 0.717) is 0 Å². The van der Waals surface area contributed by atoms with E-state index >= 15 is 0 Å². The van der Waals surface area contributed by atoms with Gasteiger partial charge in [-0.1, -0.05) is 18.2 Å². The molecule has 0 heterocycles. The second-order valence-electron chi connectivity index (χ2n) is 5.41. The smallest absolute Gasteiger partial charge is 0.0235 e. The van der Waals surface area contributed by atoms with Gasteiger partial charge in [-0.05, 0) is 68.8 Å². The van der Waals surface area contributed by atoms with Crippen molar-refractivity contribution in [3.8, 4) is 0 Å². The molecule has 0 fully saturated rings. The minimum Gasteiger partial charge on any atom is -0.306 e. The van der Waals surface area contributed by atoms with Crippen molar-refractivity contribution in [3.63, 3.8) is 0 Å². The first kappa shape index (κ1) is 13.9. The molecule has 0 unspecified atom stereocenters. The zero-order chi connectivity index (χ0) is 12.8. The minimum absolute atomic E-state index is 0.767. The van der Waals surface area contributed by atoms with Gasteiger partial charge in [0, 0.05) is 12.4 Å². The van der Waals surface area contributed by atoms with Crippen LogP contribution in [0.25, 0.3) is 0 Å². The number of aryl methyl sites for hydroxylation is 2. The standard InChI is InChI=1S/C16H24ClN/c1-18(11-4-10-17)12-9-14-7-8-15-5-2-3-6-16(15)13-14/h7-8,13H,2-6,9-12H2,1H3. The maximum Gasteiger partial charge on any atom is 0.0235 e. The average molecular weight is 266 g/mol. The van der Waals surface area contributed by atoms with Crippen LogP contribution in [-0.4, -0.2) is 30.9 Å². The highest BCUT2D eigenvalue weighted by Gasteiger charge is 2.09. The SMILES string of the molecule is CN(CCCCl)CCc1ccc2c(c1)CCCC2. The Kier molecular flexibility index (Phi) is 5.52. The van der Waals surface area contributed by atoms with Crippen LogP contribution in [0.5, 0.6) is 0 Å². The Morgan fingerprint density at radius 2 is 1.89 bits per heavy atom. The Morgan fingerprint density at radius 3 is 2.67 bits per heavy atom. The van der Waals surface area contributed by atoms with Crippen LogP contribution < -0.4 is 0 Å². The Morgan fingerprint density at radius 1 is 1.11 bits per heavy atom. The average Bonchev–Trinajstić information content (AvgIpc) is 2.42. The number of hydrogen-bond donors (Lipinski definition) is 0. The summed E-state index contributed by atoms with van der Waals surface area (Å²) >= 11 is 5.72. The van der Waals surface area contributed by atoms with Crippen LogP contribution in [0.3, 0.4) is 0 Å². The van der Waals surface area contributed by atoms with Gasteiger partial charge in [-0.25, -0.2) is 0 Å². The number of halogens is 1. The van der Waals surface area contributed by atoms with Gasteiger partial charge in [0.05, 0.1) is 0 Å². The Bertz CT molecular complexity index is 375. The molecule has 0 saturated heterocycles. The molecule has 1 aromatic rings. The predicted octanol–water partition coefficient (Wildman–Crippen LogP) is 3.67. The van der Waals surface area contributed by atoms with Gasteiger partial charge in [0.2, 0.25) is 0 Å². The van der Waals surface area contributed by atoms with Gasteiger partial charge in [-0.2, -0.15) is 0 Å². The lowest BCUT2D eigenvalue weighted by Crippen LogP contribution is -2.22. The highest BCUT2D eigenvalue weighted by molar-refractivity contribution is 6.17. The van der Waals surface area contributed by atoms with Crippen molar-refractivity contribution in [2.75, 3.05) is 26.0 Å². The number of likely N-dealkylation sites (N-methyl/N-ethyl adjacent to an activating group) is 1. The van der Waals surface area contributed by atoms with Gasteiger partial charge in [0.25, 0.3) is 0 Å². The summed E-state index contributed by atoms with van der Waals surface area (Å²) in [6, 6.07) is 7.10. The van der Waals surface area contributed by atoms with E-state index in [2.05, 4.69) is 30.1 Å². The molecule has 0 radical (unpaired) electrons. The van der Waals surface area contributed by atoms with E-state index in [1.54, 1.807) is 11.1 Å². The van der Waals surface area contributed by atoms with E-state index in [1.165, 1.54) is 31.2 Å². The third-order valence-corrected chi connectivity index (χ3v) is 4.14. The quantitative estimate of drug-likeness (QED) is 0.710. The highest BCUT2D eigenvalue weighted by atomic mass is 35.5. The van der Waals surface area contributed by atoms with E-state index in [1.807, 2.05) is 0 Å². The predicted molar refractivity (Wildman–Crippen MR) is 79.6 cm³/mol. The molecule has 0 spiro atoms. The lowest BCUT2D eigenvalue weighted by atomic mass is 9.90. The largest absolute Gasteiger partial charge is 0.306 e. The number of hydrogen-bond acceptors (Lipinski definition) is 1. The van der Waals surface area contributed by atoms with Crippen LogP contribution in [0, 0.1) is 0 Å². The number of nitrogens with zero attached hydrogens (tertiary/aromatic N) is 1. The van der Waals surface area contributed by atoms with Crippen LogP contribution in [0.4, 0.5) is 0 Å². The molecule has 2 rings (SSSR count). The van der Waals surface area contributed by atoms with Crippen molar-refractivity contribution in [1.82, 2.24) is 4.90 Å². The molecule has 1 aromatic carbocycles. The second kappa shape index (κ2) is 7.16. The van der Waals surface area contributed by atoms with Gasteiger partial charge in [0.15, 0.2) is 0 Å². The first-order valence-corrected chi connectivity index (χ1v) is 7.68. The number of alkyl halides is 1. The van der Waals surface area contributed by atoms with E-state index in [4.69, 9.17) is 11.6 Å². The van der Waals surface area contributed by atoms with Crippen molar-refractivity contribution >= 4 is 11.6 Å². The second-order valence-corrected chi connectivity index (χ2v) is 5.78. The Labute approximate surface area is 116 Å². The molecular weight excluding hydrogens is 242 g/mol. The number of benzene rings is 1. The molecule has 0 N–H and O–H groups in total. The van der Waals surface area contributed by atoms with Crippen LogP contribution >= 0.6 is 11.6 Å². The minimum atomic E-state index is 0.767. The van der Waals surface area contributed by atoms with Gasteiger partial charge < -0.3 is 4.90 Å². The van der Waals surface area contributed by atoms with Crippen molar-refractivity contribution < 1.29 is 0 Å². The fraction of sp³-hybridized carbons (Fsp3) is 0.625.